The van der Waals surface area contributed by atoms with Crippen LogP contribution in [0.25, 0.3) is 10.4 Å². The molecule has 0 aliphatic rings. The van der Waals surface area contributed by atoms with Crippen LogP contribution < -0.4 is 10.6 Å². The maximum Gasteiger partial charge on any atom is 0.416 e. The van der Waals surface area contributed by atoms with E-state index in [9.17, 15) is 27.9 Å². The first-order chi connectivity index (χ1) is 15.4. The average molecular weight is 478 g/mol. The first-order valence-corrected chi connectivity index (χ1v) is 10.8. The van der Waals surface area contributed by atoms with Gasteiger partial charge in [-0.05, 0) is 56.2 Å². The number of nitrogens with one attached hydrogen (secondary N) is 2. The molecule has 2 aromatic carbocycles. The molecule has 2 amide bonds. The number of urea groups is 1. The highest BCUT2D eigenvalue weighted by molar-refractivity contribution is 7.15. The third-order valence-corrected chi connectivity index (χ3v) is 6.08. The number of carboxylic acid groups (broad SMARTS) is 1. The molecule has 0 saturated heterocycles. The van der Waals surface area contributed by atoms with E-state index in [-0.39, 0.29) is 5.69 Å². The molecule has 0 bridgehead atoms. The van der Waals surface area contributed by atoms with E-state index in [4.69, 9.17) is 0 Å². The SMILES string of the molecule is CC(C)(CCc1ncc(-c2ccc(NC(=O)Nc3cccc(C(F)(F)F)c3)cc2)s1)C(=O)O. The lowest BCUT2D eigenvalue weighted by Gasteiger charge is -2.17. The van der Waals surface area contributed by atoms with Gasteiger partial charge in [-0.1, -0.05) is 18.2 Å². The molecule has 6 nitrogen and oxygen atoms in total. The fraction of sp³-hybridized carbons (Fsp3) is 0.261. The van der Waals surface area contributed by atoms with Gasteiger partial charge in [-0.25, -0.2) is 9.78 Å². The summed E-state index contributed by atoms with van der Waals surface area (Å²) in [6.45, 7) is 3.36. The second-order valence-electron chi connectivity index (χ2n) is 8.04. The van der Waals surface area contributed by atoms with Gasteiger partial charge in [0.15, 0.2) is 0 Å². The summed E-state index contributed by atoms with van der Waals surface area (Å²) in [5, 5.41) is 15.0. The van der Waals surface area contributed by atoms with Crippen molar-refractivity contribution < 1.29 is 27.9 Å². The van der Waals surface area contributed by atoms with Crippen molar-refractivity contribution in [1.82, 2.24) is 4.98 Å². The number of halogens is 3. The molecule has 3 aromatic rings. The number of aromatic nitrogens is 1. The molecule has 3 rings (SSSR count). The van der Waals surface area contributed by atoms with Crippen LogP contribution in [0.5, 0.6) is 0 Å². The Balaban J connectivity index is 1.59. The Hall–Kier alpha value is -3.40. The summed E-state index contributed by atoms with van der Waals surface area (Å²) < 4.78 is 38.4. The van der Waals surface area contributed by atoms with E-state index in [0.29, 0.717) is 18.5 Å². The van der Waals surface area contributed by atoms with Gasteiger partial charge in [0.1, 0.15) is 0 Å². The van der Waals surface area contributed by atoms with Crippen molar-refractivity contribution in [2.45, 2.75) is 32.9 Å². The van der Waals surface area contributed by atoms with E-state index in [1.165, 1.54) is 23.5 Å². The van der Waals surface area contributed by atoms with Gasteiger partial charge < -0.3 is 15.7 Å². The van der Waals surface area contributed by atoms with Crippen LogP contribution in [-0.2, 0) is 17.4 Å². The number of aliphatic carboxylic acids is 1. The van der Waals surface area contributed by atoms with Crippen molar-refractivity contribution in [1.29, 1.82) is 0 Å². The highest BCUT2D eigenvalue weighted by Crippen LogP contribution is 2.31. The van der Waals surface area contributed by atoms with Gasteiger partial charge in [0.05, 0.1) is 20.9 Å². The van der Waals surface area contributed by atoms with E-state index in [0.717, 1.165) is 27.6 Å². The van der Waals surface area contributed by atoms with Gasteiger partial charge in [-0.3, -0.25) is 4.79 Å². The minimum absolute atomic E-state index is 0.0298. The molecule has 0 radical (unpaired) electrons. The maximum absolute atomic E-state index is 12.8. The highest BCUT2D eigenvalue weighted by Gasteiger charge is 2.30. The Morgan fingerprint density at radius 2 is 1.70 bits per heavy atom. The molecule has 0 aliphatic carbocycles. The number of rotatable bonds is 7. The van der Waals surface area contributed by atoms with Gasteiger partial charge in [0, 0.05) is 24.0 Å². The fourth-order valence-electron chi connectivity index (χ4n) is 2.87. The predicted octanol–water partition coefficient (Wildman–Crippen LogP) is 6.52. The van der Waals surface area contributed by atoms with Gasteiger partial charge in [0.2, 0.25) is 0 Å². The number of carboxylic acids is 1. The number of hydrogen-bond acceptors (Lipinski definition) is 4. The number of carbonyl (C=O) groups excluding carboxylic acids is 1. The topological polar surface area (TPSA) is 91.3 Å². The smallest absolute Gasteiger partial charge is 0.416 e. The quantitative estimate of drug-likeness (QED) is 0.361. The lowest BCUT2D eigenvalue weighted by atomic mass is 9.88. The molecule has 1 heterocycles. The summed E-state index contributed by atoms with van der Waals surface area (Å²) in [5.41, 5.74) is -0.299. The number of thiazole rings is 1. The molecule has 0 spiro atoms. The molecule has 10 heteroatoms. The molecule has 33 heavy (non-hydrogen) atoms. The monoisotopic (exact) mass is 477 g/mol. The summed E-state index contributed by atoms with van der Waals surface area (Å²) >= 11 is 1.47. The average Bonchev–Trinajstić information content (AvgIpc) is 3.21. The largest absolute Gasteiger partial charge is 0.481 e. The first-order valence-electron chi connectivity index (χ1n) is 9.98. The van der Waals surface area contributed by atoms with Crippen molar-refractivity contribution >= 4 is 34.7 Å². The van der Waals surface area contributed by atoms with Crippen LogP contribution in [0.4, 0.5) is 29.3 Å². The Bertz CT molecular complexity index is 1140. The zero-order valence-electron chi connectivity index (χ0n) is 17.9. The Morgan fingerprint density at radius 3 is 2.33 bits per heavy atom. The van der Waals surface area contributed by atoms with E-state index >= 15 is 0 Å². The number of carbonyl (C=O) groups is 2. The van der Waals surface area contributed by atoms with Crippen molar-refractivity contribution in [3.63, 3.8) is 0 Å². The molecule has 0 fully saturated rings. The number of aryl methyl sites for hydroxylation is 1. The summed E-state index contributed by atoms with van der Waals surface area (Å²) in [7, 11) is 0. The van der Waals surface area contributed by atoms with Crippen molar-refractivity contribution in [2.24, 2.45) is 5.41 Å². The van der Waals surface area contributed by atoms with Gasteiger partial charge in [-0.15, -0.1) is 11.3 Å². The molecular weight excluding hydrogens is 455 g/mol. The Labute approximate surface area is 192 Å². The number of hydrogen-bond donors (Lipinski definition) is 3. The van der Waals surface area contributed by atoms with E-state index in [1.807, 2.05) is 0 Å². The fourth-order valence-corrected chi connectivity index (χ4v) is 3.79. The van der Waals surface area contributed by atoms with E-state index in [1.54, 1.807) is 44.3 Å². The molecule has 3 N–H and O–H groups in total. The van der Waals surface area contributed by atoms with Crippen molar-refractivity contribution in [2.75, 3.05) is 10.6 Å². The Kier molecular flexibility index (Phi) is 7.06. The van der Waals surface area contributed by atoms with E-state index in [2.05, 4.69) is 15.6 Å². The molecule has 0 unspecified atom stereocenters. The maximum atomic E-state index is 12.8. The highest BCUT2D eigenvalue weighted by atomic mass is 32.1. The van der Waals surface area contributed by atoms with Crippen LogP contribution in [0, 0.1) is 5.41 Å². The second-order valence-corrected chi connectivity index (χ2v) is 9.16. The first kappa shape index (κ1) is 24.2. The second kappa shape index (κ2) is 9.62. The van der Waals surface area contributed by atoms with Crippen LogP contribution in [0.1, 0.15) is 30.8 Å². The van der Waals surface area contributed by atoms with Gasteiger partial charge >= 0.3 is 18.2 Å². The van der Waals surface area contributed by atoms with Crippen molar-refractivity contribution in [3.05, 3.63) is 65.3 Å². The van der Waals surface area contributed by atoms with E-state index < -0.39 is 29.2 Å². The summed E-state index contributed by atoms with van der Waals surface area (Å²) in [6, 6.07) is 10.7. The van der Waals surface area contributed by atoms with Gasteiger partial charge in [0.25, 0.3) is 0 Å². The van der Waals surface area contributed by atoms with Crippen molar-refractivity contribution in [3.8, 4) is 10.4 Å². The minimum Gasteiger partial charge on any atom is -0.481 e. The lowest BCUT2D eigenvalue weighted by molar-refractivity contribution is -0.147. The van der Waals surface area contributed by atoms with Crippen LogP contribution in [0.15, 0.2) is 54.7 Å². The zero-order valence-corrected chi connectivity index (χ0v) is 18.7. The van der Waals surface area contributed by atoms with Gasteiger partial charge in [-0.2, -0.15) is 13.2 Å². The molecule has 0 atom stereocenters. The van der Waals surface area contributed by atoms with Crippen LogP contribution in [0.3, 0.4) is 0 Å². The van der Waals surface area contributed by atoms with Crippen LogP contribution in [-0.4, -0.2) is 22.1 Å². The number of benzene rings is 2. The van der Waals surface area contributed by atoms with Crippen LogP contribution >= 0.6 is 11.3 Å². The molecule has 174 valence electrons. The summed E-state index contributed by atoms with van der Waals surface area (Å²) in [6.07, 6.45) is -1.75. The molecule has 1 aromatic heterocycles. The zero-order chi connectivity index (χ0) is 24.2. The number of anilines is 2. The molecule has 0 saturated carbocycles. The normalized spacial score (nSPS) is 11.8. The third kappa shape index (κ3) is 6.55. The summed E-state index contributed by atoms with van der Waals surface area (Å²) in [4.78, 5) is 28.7. The lowest BCUT2D eigenvalue weighted by Crippen LogP contribution is -2.24. The number of nitrogens with zero attached hydrogens (tertiary/aromatic N) is 1. The standard InChI is InChI=1S/C23H22F3N3O3S/c1-22(2,20(30)31)11-10-19-27-13-18(33-19)14-6-8-16(9-7-14)28-21(32)29-17-5-3-4-15(12-17)23(24,25)26/h3-9,12-13H,10-11H2,1-2H3,(H,30,31)(H2,28,29,32). The van der Waals surface area contributed by atoms with Crippen LogP contribution in [0.2, 0.25) is 0 Å². The molecule has 0 aliphatic heterocycles. The minimum atomic E-state index is -4.49. The third-order valence-electron chi connectivity index (χ3n) is 4.97. The Morgan fingerprint density at radius 1 is 1.03 bits per heavy atom. The predicted molar refractivity (Wildman–Crippen MR) is 121 cm³/mol. The number of alkyl halides is 3. The number of amides is 2. The summed E-state index contributed by atoms with van der Waals surface area (Å²) in [5.74, 6) is -0.848. The molecular formula is C23H22F3N3O3S.